The van der Waals surface area contributed by atoms with E-state index in [0.717, 1.165) is 44.0 Å². The molecule has 2 fully saturated rings. The van der Waals surface area contributed by atoms with Gasteiger partial charge >= 0.3 is 0 Å². The molecular weight excluding hydrogens is 419 g/mol. The summed E-state index contributed by atoms with van der Waals surface area (Å²) in [6.45, 7) is 5.38. The van der Waals surface area contributed by atoms with Crippen LogP contribution in [-0.4, -0.2) is 69.1 Å². The Labute approximate surface area is 188 Å². The molecular formula is C23H26Cl2N4O. The molecule has 0 saturated carbocycles. The SMILES string of the molecule is CN1CCN(c2ccccc2C=C2C(=O)N(c3ccc(Cl)c(Cl)c3)CCN2C)CC1. The summed E-state index contributed by atoms with van der Waals surface area (Å²) in [5.74, 6) is -0.0321. The average Bonchev–Trinajstić information content (AvgIpc) is 2.74. The summed E-state index contributed by atoms with van der Waals surface area (Å²) in [4.78, 5) is 21.9. The number of likely N-dealkylation sites (N-methyl/N-ethyl adjacent to an activating group) is 2. The first-order valence-electron chi connectivity index (χ1n) is 10.2. The van der Waals surface area contributed by atoms with Crippen LogP contribution in [-0.2, 0) is 4.79 Å². The molecule has 0 spiro atoms. The minimum atomic E-state index is -0.0321. The van der Waals surface area contributed by atoms with Gasteiger partial charge in [-0.25, -0.2) is 0 Å². The zero-order valence-corrected chi connectivity index (χ0v) is 18.8. The van der Waals surface area contributed by atoms with Crippen LogP contribution in [0, 0.1) is 0 Å². The van der Waals surface area contributed by atoms with Gasteiger partial charge in [-0.1, -0.05) is 41.4 Å². The molecule has 0 radical (unpaired) electrons. The molecule has 7 heteroatoms. The number of rotatable bonds is 3. The van der Waals surface area contributed by atoms with Gasteiger partial charge in [-0.2, -0.15) is 0 Å². The van der Waals surface area contributed by atoms with E-state index >= 15 is 0 Å². The smallest absolute Gasteiger partial charge is 0.274 e. The second-order valence-corrected chi connectivity index (χ2v) is 8.67. The van der Waals surface area contributed by atoms with Gasteiger partial charge < -0.3 is 19.6 Å². The van der Waals surface area contributed by atoms with Crippen molar-refractivity contribution in [2.45, 2.75) is 0 Å². The number of carbonyl (C=O) groups excluding carboxylic acids is 1. The molecule has 0 unspecified atom stereocenters. The Balaban J connectivity index is 1.65. The number of hydrogen-bond donors (Lipinski definition) is 0. The van der Waals surface area contributed by atoms with Gasteiger partial charge in [-0.15, -0.1) is 0 Å². The molecule has 30 heavy (non-hydrogen) atoms. The van der Waals surface area contributed by atoms with Gasteiger partial charge in [0, 0.05) is 63.3 Å². The van der Waals surface area contributed by atoms with Crippen molar-refractivity contribution in [3.05, 3.63) is 63.8 Å². The third kappa shape index (κ3) is 4.29. The Hall–Kier alpha value is -2.21. The highest BCUT2D eigenvalue weighted by Gasteiger charge is 2.29. The quantitative estimate of drug-likeness (QED) is 0.667. The van der Waals surface area contributed by atoms with Gasteiger partial charge in [-0.3, -0.25) is 4.79 Å². The Morgan fingerprint density at radius 3 is 2.33 bits per heavy atom. The molecule has 0 aliphatic carbocycles. The highest BCUT2D eigenvalue weighted by atomic mass is 35.5. The van der Waals surface area contributed by atoms with Crippen LogP contribution in [0.25, 0.3) is 6.08 Å². The van der Waals surface area contributed by atoms with Crippen molar-refractivity contribution in [2.24, 2.45) is 0 Å². The Bertz CT molecular complexity index is 969. The van der Waals surface area contributed by atoms with Crippen molar-refractivity contribution in [1.29, 1.82) is 0 Å². The molecule has 2 aromatic rings. The maximum absolute atomic E-state index is 13.4. The van der Waals surface area contributed by atoms with Crippen LogP contribution in [0.2, 0.25) is 10.0 Å². The monoisotopic (exact) mass is 444 g/mol. The zero-order chi connectivity index (χ0) is 21.3. The maximum atomic E-state index is 13.4. The predicted octanol–water partition coefficient (Wildman–Crippen LogP) is 4.06. The number of carbonyl (C=O) groups is 1. The van der Waals surface area contributed by atoms with E-state index in [-0.39, 0.29) is 5.91 Å². The number of benzene rings is 2. The first-order valence-corrected chi connectivity index (χ1v) is 10.9. The lowest BCUT2D eigenvalue weighted by Crippen LogP contribution is -2.47. The molecule has 0 atom stereocenters. The standard InChI is InChI=1S/C23H26Cl2N4O/c1-26-9-12-28(13-10-26)21-6-4-3-5-17(21)15-22-23(30)29(14-11-27(22)2)18-7-8-19(24)20(25)16-18/h3-8,15-16H,9-14H2,1-2H3. The van der Waals surface area contributed by atoms with Gasteiger partial charge in [0.1, 0.15) is 5.70 Å². The van der Waals surface area contributed by atoms with E-state index in [4.69, 9.17) is 23.2 Å². The Kier molecular flexibility index (Phi) is 6.23. The van der Waals surface area contributed by atoms with Gasteiger partial charge in [-0.05, 0) is 37.4 Å². The summed E-state index contributed by atoms with van der Waals surface area (Å²) in [5, 5.41) is 0.936. The number of halogens is 2. The van der Waals surface area contributed by atoms with Crippen LogP contribution >= 0.6 is 23.2 Å². The lowest BCUT2D eigenvalue weighted by atomic mass is 10.1. The van der Waals surface area contributed by atoms with Crippen molar-refractivity contribution in [3.63, 3.8) is 0 Å². The van der Waals surface area contributed by atoms with E-state index in [0.29, 0.717) is 22.3 Å². The summed E-state index contributed by atoms with van der Waals surface area (Å²) >= 11 is 12.2. The lowest BCUT2D eigenvalue weighted by Gasteiger charge is -2.36. The molecule has 0 aromatic heterocycles. The number of anilines is 2. The second-order valence-electron chi connectivity index (χ2n) is 7.86. The van der Waals surface area contributed by atoms with Crippen molar-refractivity contribution in [1.82, 2.24) is 9.80 Å². The average molecular weight is 445 g/mol. The van der Waals surface area contributed by atoms with Gasteiger partial charge in [0.05, 0.1) is 10.0 Å². The lowest BCUT2D eigenvalue weighted by molar-refractivity contribution is -0.117. The van der Waals surface area contributed by atoms with Gasteiger partial charge in [0.2, 0.25) is 0 Å². The predicted molar refractivity (Wildman–Crippen MR) is 126 cm³/mol. The summed E-state index contributed by atoms with van der Waals surface area (Å²) in [6, 6.07) is 13.6. The van der Waals surface area contributed by atoms with Gasteiger partial charge in [0.25, 0.3) is 5.91 Å². The summed E-state index contributed by atoms with van der Waals surface area (Å²) in [5.41, 5.74) is 3.67. The minimum Gasteiger partial charge on any atom is -0.368 e. The van der Waals surface area contributed by atoms with Crippen molar-refractivity contribution in [2.75, 3.05) is 63.2 Å². The highest BCUT2D eigenvalue weighted by Crippen LogP contribution is 2.31. The summed E-state index contributed by atoms with van der Waals surface area (Å²) in [7, 11) is 4.12. The van der Waals surface area contributed by atoms with Crippen LogP contribution < -0.4 is 9.80 Å². The second kappa shape index (κ2) is 8.88. The zero-order valence-electron chi connectivity index (χ0n) is 17.3. The van der Waals surface area contributed by atoms with Crippen molar-refractivity contribution in [3.8, 4) is 0 Å². The molecule has 2 aliphatic heterocycles. The molecule has 2 heterocycles. The minimum absolute atomic E-state index is 0.0321. The van der Waals surface area contributed by atoms with E-state index in [1.165, 1.54) is 5.69 Å². The van der Waals surface area contributed by atoms with Crippen molar-refractivity contribution < 1.29 is 4.79 Å². The first-order chi connectivity index (χ1) is 14.4. The molecule has 5 nitrogen and oxygen atoms in total. The molecule has 0 N–H and O–H groups in total. The molecule has 1 amide bonds. The topological polar surface area (TPSA) is 30.0 Å². The van der Waals surface area contributed by atoms with E-state index in [1.54, 1.807) is 17.0 Å². The number of piperazine rings is 2. The molecule has 0 bridgehead atoms. The summed E-state index contributed by atoms with van der Waals surface area (Å²) in [6.07, 6.45) is 2.01. The maximum Gasteiger partial charge on any atom is 0.274 e. The van der Waals surface area contributed by atoms with E-state index in [9.17, 15) is 4.79 Å². The first kappa shape index (κ1) is 21.0. The normalized spacial score (nSPS) is 19.7. The Morgan fingerprint density at radius 2 is 1.60 bits per heavy atom. The largest absolute Gasteiger partial charge is 0.368 e. The van der Waals surface area contributed by atoms with Crippen LogP contribution in [0.1, 0.15) is 5.56 Å². The molecule has 2 aliphatic rings. The number of para-hydroxylation sites is 1. The fourth-order valence-corrected chi connectivity index (χ4v) is 4.23. The van der Waals surface area contributed by atoms with E-state index < -0.39 is 0 Å². The highest BCUT2D eigenvalue weighted by molar-refractivity contribution is 6.42. The van der Waals surface area contributed by atoms with E-state index in [2.05, 4.69) is 35.0 Å². The van der Waals surface area contributed by atoms with Crippen LogP contribution in [0.15, 0.2) is 48.2 Å². The number of nitrogens with zero attached hydrogens (tertiary/aromatic N) is 4. The number of amides is 1. The summed E-state index contributed by atoms with van der Waals surface area (Å²) < 4.78 is 0. The molecule has 2 saturated heterocycles. The fraction of sp³-hybridized carbons (Fsp3) is 0.348. The van der Waals surface area contributed by atoms with Crippen molar-refractivity contribution >= 4 is 46.6 Å². The third-order valence-corrected chi connectivity index (χ3v) is 6.56. The van der Waals surface area contributed by atoms with E-state index in [1.807, 2.05) is 30.2 Å². The third-order valence-electron chi connectivity index (χ3n) is 5.82. The van der Waals surface area contributed by atoms with Crippen LogP contribution in [0.3, 0.4) is 0 Å². The molecule has 2 aromatic carbocycles. The van der Waals surface area contributed by atoms with Crippen LogP contribution in [0.5, 0.6) is 0 Å². The Morgan fingerprint density at radius 1 is 0.867 bits per heavy atom. The fourth-order valence-electron chi connectivity index (χ4n) is 3.94. The number of hydrogen-bond acceptors (Lipinski definition) is 4. The molecule has 4 rings (SSSR count). The van der Waals surface area contributed by atoms with Crippen LogP contribution in [0.4, 0.5) is 11.4 Å². The molecule has 158 valence electrons. The van der Waals surface area contributed by atoms with Gasteiger partial charge in [0.15, 0.2) is 0 Å².